The fraction of sp³-hybridized carbons (Fsp3) is 0.158. The van der Waals surface area contributed by atoms with E-state index in [0.717, 1.165) is 0 Å². The van der Waals surface area contributed by atoms with Crippen LogP contribution in [-0.2, 0) is 0 Å². The molecule has 8 nitrogen and oxygen atoms in total. The Labute approximate surface area is 152 Å². The van der Waals surface area contributed by atoms with Crippen LogP contribution in [0.4, 0.5) is 5.69 Å². The smallest absolute Gasteiger partial charge is 0.231 e. The SMILES string of the molecule is COc1cc2c(cc1-c1cc(O)c3cc4c(cc3c1N=O)OCO4)OCO2. The first-order valence-corrected chi connectivity index (χ1v) is 8.10. The van der Waals surface area contributed by atoms with Gasteiger partial charge >= 0.3 is 0 Å². The van der Waals surface area contributed by atoms with E-state index in [2.05, 4.69) is 5.18 Å². The molecule has 0 bridgehead atoms. The predicted molar refractivity (Wildman–Crippen MR) is 95.3 cm³/mol. The third-order valence-corrected chi connectivity index (χ3v) is 4.66. The van der Waals surface area contributed by atoms with Crippen molar-refractivity contribution in [1.29, 1.82) is 0 Å². The molecule has 2 aliphatic heterocycles. The lowest BCUT2D eigenvalue weighted by Gasteiger charge is -2.14. The summed E-state index contributed by atoms with van der Waals surface area (Å²) < 4.78 is 27.0. The molecule has 5 rings (SSSR count). The van der Waals surface area contributed by atoms with Crippen LogP contribution in [0.25, 0.3) is 21.9 Å². The van der Waals surface area contributed by atoms with E-state index in [9.17, 15) is 10.0 Å². The van der Waals surface area contributed by atoms with Crippen molar-refractivity contribution < 1.29 is 28.8 Å². The minimum Gasteiger partial charge on any atom is -0.507 e. The zero-order valence-corrected chi connectivity index (χ0v) is 14.1. The van der Waals surface area contributed by atoms with E-state index < -0.39 is 0 Å². The Morgan fingerprint density at radius 1 is 0.852 bits per heavy atom. The minimum atomic E-state index is -0.0228. The third kappa shape index (κ3) is 2.23. The molecule has 0 saturated carbocycles. The lowest BCUT2D eigenvalue weighted by Crippen LogP contribution is -1.92. The predicted octanol–water partition coefficient (Wildman–Crippen LogP) is 4.08. The largest absolute Gasteiger partial charge is 0.507 e. The van der Waals surface area contributed by atoms with Gasteiger partial charge in [0, 0.05) is 28.0 Å². The standard InChI is InChI=1S/C19H13NO7/c1-23-14-6-18-16(25-8-27-18)4-10(14)11-2-13(21)9-3-15-17(26-7-24-15)5-12(9)19(11)20-22/h2-6,21H,7-8H2,1H3. The first kappa shape index (κ1) is 15.6. The van der Waals surface area contributed by atoms with Crippen molar-refractivity contribution in [3.8, 4) is 45.6 Å². The van der Waals surface area contributed by atoms with E-state index in [-0.39, 0.29) is 25.0 Å². The number of rotatable bonds is 3. The highest BCUT2D eigenvalue weighted by atomic mass is 16.7. The van der Waals surface area contributed by atoms with Gasteiger partial charge in [-0.05, 0) is 29.4 Å². The van der Waals surface area contributed by atoms with Gasteiger partial charge in [0.1, 0.15) is 17.2 Å². The van der Waals surface area contributed by atoms with Gasteiger partial charge in [-0.3, -0.25) is 0 Å². The van der Waals surface area contributed by atoms with Crippen LogP contribution in [0.1, 0.15) is 0 Å². The topological polar surface area (TPSA) is 95.8 Å². The molecule has 0 atom stereocenters. The Morgan fingerprint density at radius 2 is 1.44 bits per heavy atom. The molecular weight excluding hydrogens is 354 g/mol. The fourth-order valence-corrected chi connectivity index (χ4v) is 3.38. The maximum atomic E-state index is 11.8. The molecular formula is C19H13NO7. The van der Waals surface area contributed by atoms with Crippen LogP contribution in [0.15, 0.2) is 35.5 Å². The molecule has 8 heteroatoms. The van der Waals surface area contributed by atoms with Crippen molar-refractivity contribution >= 4 is 16.5 Å². The van der Waals surface area contributed by atoms with Crippen LogP contribution in [0, 0.1) is 4.91 Å². The van der Waals surface area contributed by atoms with Crippen LogP contribution in [0.2, 0.25) is 0 Å². The molecule has 1 N–H and O–H groups in total. The summed E-state index contributed by atoms with van der Waals surface area (Å²) in [6.45, 7) is 0.187. The summed E-state index contributed by atoms with van der Waals surface area (Å²) in [4.78, 5) is 11.8. The number of aromatic hydroxyl groups is 1. The molecule has 0 spiro atoms. The number of fused-ring (bicyclic) bond motifs is 3. The van der Waals surface area contributed by atoms with Crippen molar-refractivity contribution in [3.05, 3.63) is 35.2 Å². The monoisotopic (exact) mass is 367 g/mol. The molecule has 0 fully saturated rings. The highest BCUT2D eigenvalue weighted by molar-refractivity contribution is 6.05. The lowest BCUT2D eigenvalue weighted by atomic mass is 9.96. The molecule has 2 aliphatic rings. The van der Waals surface area contributed by atoms with Crippen LogP contribution >= 0.6 is 0 Å². The molecule has 3 aromatic rings. The average Bonchev–Trinajstić information content (AvgIpc) is 3.33. The van der Waals surface area contributed by atoms with Gasteiger partial charge in [-0.25, -0.2) is 0 Å². The number of hydrogen-bond donors (Lipinski definition) is 1. The number of phenols is 1. The van der Waals surface area contributed by atoms with E-state index in [1.54, 1.807) is 24.3 Å². The molecule has 0 unspecified atom stereocenters. The first-order chi connectivity index (χ1) is 13.2. The van der Waals surface area contributed by atoms with Gasteiger partial charge < -0.3 is 28.8 Å². The van der Waals surface area contributed by atoms with Crippen molar-refractivity contribution in [2.24, 2.45) is 5.18 Å². The van der Waals surface area contributed by atoms with E-state index in [0.29, 0.717) is 50.6 Å². The van der Waals surface area contributed by atoms with Crippen molar-refractivity contribution in [2.45, 2.75) is 0 Å². The molecule has 27 heavy (non-hydrogen) atoms. The van der Waals surface area contributed by atoms with Crippen LogP contribution in [0.5, 0.6) is 34.5 Å². The Bertz CT molecular complexity index is 1110. The first-order valence-electron chi connectivity index (χ1n) is 8.10. The molecule has 0 saturated heterocycles. The van der Waals surface area contributed by atoms with Crippen molar-refractivity contribution in [3.63, 3.8) is 0 Å². The molecule has 0 aliphatic carbocycles. The highest BCUT2D eigenvalue weighted by Crippen LogP contribution is 2.50. The molecule has 2 heterocycles. The number of phenolic OH excluding ortho intramolecular Hbond substituents is 1. The van der Waals surface area contributed by atoms with E-state index in [4.69, 9.17) is 23.7 Å². The second-order valence-corrected chi connectivity index (χ2v) is 6.04. The second kappa shape index (κ2) is 5.66. The zero-order chi connectivity index (χ0) is 18.5. The maximum Gasteiger partial charge on any atom is 0.231 e. The van der Waals surface area contributed by atoms with Crippen molar-refractivity contribution in [2.75, 3.05) is 20.7 Å². The van der Waals surface area contributed by atoms with Gasteiger partial charge in [-0.2, -0.15) is 0 Å². The second-order valence-electron chi connectivity index (χ2n) is 6.04. The van der Waals surface area contributed by atoms with Gasteiger partial charge in [0.15, 0.2) is 23.0 Å². The summed E-state index contributed by atoms with van der Waals surface area (Å²) in [5.41, 5.74) is 1.11. The van der Waals surface area contributed by atoms with Crippen LogP contribution < -0.4 is 23.7 Å². The maximum absolute atomic E-state index is 11.8. The van der Waals surface area contributed by atoms with Gasteiger partial charge in [-0.15, -0.1) is 4.91 Å². The Balaban J connectivity index is 1.82. The highest BCUT2D eigenvalue weighted by Gasteiger charge is 2.24. The summed E-state index contributed by atoms with van der Waals surface area (Å²) in [6, 6.07) is 8.11. The summed E-state index contributed by atoms with van der Waals surface area (Å²) >= 11 is 0. The van der Waals surface area contributed by atoms with E-state index >= 15 is 0 Å². The summed E-state index contributed by atoms with van der Waals surface area (Å²) in [5.74, 6) is 2.50. The minimum absolute atomic E-state index is 0.0228. The number of methoxy groups -OCH3 is 1. The summed E-state index contributed by atoms with van der Waals surface area (Å²) in [6.07, 6.45) is 0. The number of nitrogens with zero attached hydrogens (tertiary/aromatic N) is 1. The fourth-order valence-electron chi connectivity index (χ4n) is 3.38. The van der Waals surface area contributed by atoms with E-state index in [1.165, 1.54) is 13.2 Å². The number of ether oxygens (including phenoxy) is 5. The summed E-state index contributed by atoms with van der Waals surface area (Å²) in [5, 5.41) is 14.7. The summed E-state index contributed by atoms with van der Waals surface area (Å²) in [7, 11) is 1.51. The number of nitroso groups, excluding NO2 is 1. The normalized spacial score (nSPS) is 13.8. The molecule has 0 aromatic heterocycles. The van der Waals surface area contributed by atoms with Crippen LogP contribution in [0.3, 0.4) is 0 Å². The third-order valence-electron chi connectivity index (χ3n) is 4.66. The Kier molecular flexibility index (Phi) is 3.27. The Morgan fingerprint density at radius 3 is 2.07 bits per heavy atom. The number of benzene rings is 3. The van der Waals surface area contributed by atoms with Gasteiger partial charge in [0.25, 0.3) is 0 Å². The number of hydrogen-bond acceptors (Lipinski definition) is 8. The van der Waals surface area contributed by atoms with E-state index in [1.807, 2.05) is 0 Å². The van der Waals surface area contributed by atoms with Crippen LogP contribution in [-0.4, -0.2) is 25.8 Å². The molecule has 3 aromatic carbocycles. The average molecular weight is 367 g/mol. The molecule has 136 valence electrons. The van der Waals surface area contributed by atoms with Gasteiger partial charge in [0.05, 0.1) is 7.11 Å². The van der Waals surface area contributed by atoms with Crippen molar-refractivity contribution in [1.82, 2.24) is 0 Å². The molecule has 0 amide bonds. The van der Waals surface area contributed by atoms with Gasteiger partial charge in [-0.1, -0.05) is 0 Å². The lowest BCUT2D eigenvalue weighted by molar-refractivity contribution is 0.173. The Hall–Kier alpha value is -3.68. The zero-order valence-electron chi connectivity index (χ0n) is 14.1. The van der Waals surface area contributed by atoms with Gasteiger partial charge in [0.2, 0.25) is 13.6 Å². The molecule has 0 radical (unpaired) electrons. The quantitative estimate of drug-likeness (QED) is 0.697.